The molecule has 120 valence electrons. The van der Waals surface area contributed by atoms with Crippen molar-refractivity contribution in [3.05, 3.63) is 12.2 Å². The molecule has 2 fully saturated rings. The minimum absolute atomic E-state index is 0.0920. The van der Waals surface area contributed by atoms with Crippen molar-refractivity contribution in [3.63, 3.8) is 0 Å². The molecule has 7 heteroatoms. The molecule has 0 aromatic rings. The Morgan fingerprint density at radius 3 is 2.73 bits per heavy atom. The summed E-state index contributed by atoms with van der Waals surface area (Å²) >= 11 is 0. The van der Waals surface area contributed by atoms with Gasteiger partial charge in [0.15, 0.2) is 0 Å². The molecule has 0 spiro atoms. The van der Waals surface area contributed by atoms with Gasteiger partial charge in [-0.25, -0.2) is 0 Å². The standard InChI is InChI=1S/C15H21BO6/c1-14-10(8-16(20)21)11(17)7-15(14,13(19)22-14)12(18)9-5-3-2-4-6-9/h3,5,9-10,12,18,20-21H,2,4,6-8H2,1H3/t9-,10+,12+,14+,15-/m1/s1. The Hall–Kier alpha value is -1.18. The van der Waals surface area contributed by atoms with Gasteiger partial charge in [-0.05, 0) is 32.5 Å². The van der Waals surface area contributed by atoms with Gasteiger partial charge in [-0.2, -0.15) is 0 Å². The number of rotatable bonds is 4. The van der Waals surface area contributed by atoms with Gasteiger partial charge in [0.2, 0.25) is 0 Å². The highest BCUT2D eigenvalue weighted by Crippen LogP contribution is 2.62. The predicted octanol–water partition coefficient (Wildman–Crippen LogP) is 0.0673. The zero-order valence-corrected chi connectivity index (χ0v) is 12.6. The van der Waals surface area contributed by atoms with Gasteiger partial charge >= 0.3 is 13.1 Å². The van der Waals surface area contributed by atoms with Crippen molar-refractivity contribution < 1.29 is 29.5 Å². The molecule has 1 saturated carbocycles. The molecular weight excluding hydrogens is 287 g/mol. The smallest absolute Gasteiger partial charge is 0.452 e. The van der Waals surface area contributed by atoms with Crippen molar-refractivity contribution in [2.75, 3.05) is 0 Å². The van der Waals surface area contributed by atoms with Crippen LogP contribution in [0, 0.1) is 17.3 Å². The maximum atomic E-state index is 12.3. The van der Waals surface area contributed by atoms with Gasteiger partial charge in [-0.1, -0.05) is 12.2 Å². The zero-order valence-electron chi connectivity index (χ0n) is 12.6. The molecule has 3 N–H and O–H groups in total. The fourth-order valence-electron chi connectivity index (χ4n) is 4.42. The average molecular weight is 308 g/mol. The molecule has 1 aliphatic heterocycles. The number of ketones is 1. The van der Waals surface area contributed by atoms with Gasteiger partial charge in [-0.15, -0.1) is 0 Å². The van der Waals surface area contributed by atoms with Gasteiger partial charge in [0.25, 0.3) is 0 Å². The fraction of sp³-hybridized carbons (Fsp3) is 0.733. The van der Waals surface area contributed by atoms with E-state index < -0.39 is 36.1 Å². The molecule has 3 rings (SSSR count). The van der Waals surface area contributed by atoms with Crippen LogP contribution in [0.15, 0.2) is 12.2 Å². The average Bonchev–Trinajstić information content (AvgIpc) is 2.65. The van der Waals surface area contributed by atoms with Gasteiger partial charge < -0.3 is 19.9 Å². The molecule has 0 aromatic carbocycles. The molecule has 1 heterocycles. The van der Waals surface area contributed by atoms with E-state index >= 15 is 0 Å². The Morgan fingerprint density at radius 1 is 1.45 bits per heavy atom. The molecule has 0 amide bonds. The zero-order chi connectivity index (χ0) is 16.1. The van der Waals surface area contributed by atoms with E-state index in [0.717, 1.165) is 19.3 Å². The van der Waals surface area contributed by atoms with Crippen LogP contribution in [0.5, 0.6) is 0 Å². The first-order chi connectivity index (χ1) is 10.3. The first-order valence-corrected chi connectivity index (χ1v) is 7.80. The molecule has 0 unspecified atom stereocenters. The van der Waals surface area contributed by atoms with Crippen molar-refractivity contribution in [2.45, 2.75) is 50.6 Å². The summed E-state index contributed by atoms with van der Waals surface area (Å²) in [6, 6.07) is 0. The van der Waals surface area contributed by atoms with Crippen LogP contribution in [-0.4, -0.2) is 45.7 Å². The third kappa shape index (κ3) is 1.92. The fourth-order valence-corrected chi connectivity index (χ4v) is 4.42. The summed E-state index contributed by atoms with van der Waals surface area (Å²) in [5.74, 6) is -1.76. The lowest BCUT2D eigenvalue weighted by atomic mass is 9.58. The predicted molar refractivity (Wildman–Crippen MR) is 77.5 cm³/mol. The number of ether oxygens (including phenoxy) is 1. The van der Waals surface area contributed by atoms with Crippen LogP contribution in [-0.2, 0) is 14.3 Å². The summed E-state index contributed by atoms with van der Waals surface area (Å²) in [6.45, 7) is 1.63. The third-order valence-electron chi connectivity index (χ3n) is 5.71. The van der Waals surface area contributed by atoms with Crippen LogP contribution in [0.4, 0.5) is 0 Å². The lowest BCUT2D eigenvalue weighted by Gasteiger charge is -2.55. The Bertz CT molecular complexity index is 532. The van der Waals surface area contributed by atoms with Crippen LogP contribution in [0.25, 0.3) is 0 Å². The molecule has 22 heavy (non-hydrogen) atoms. The number of carbonyl (C=O) groups excluding carboxylic acids is 2. The lowest BCUT2D eigenvalue weighted by Crippen LogP contribution is -2.70. The molecule has 1 saturated heterocycles. The minimum Gasteiger partial charge on any atom is -0.457 e. The van der Waals surface area contributed by atoms with Gasteiger partial charge in [-0.3, -0.25) is 9.59 Å². The van der Waals surface area contributed by atoms with E-state index in [2.05, 4.69) is 0 Å². The van der Waals surface area contributed by atoms with Gasteiger partial charge in [0, 0.05) is 12.3 Å². The van der Waals surface area contributed by atoms with Gasteiger partial charge in [0.1, 0.15) is 16.8 Å². The first kappa shape index (κ1) is 15.7. The maximum absolute atomic E-state index is 12.3. The van der Waals surface area contributed by atoms with E-state index in [0.29, 0.717) is 0 Å². The Labute approximate surface area is 129 Å². The number of aliphatic hydroxyl groups excluding tert-OH is 1. The van der Waals surface area contributed by atoms with E-state index in [9.17, 15) is 24.7 Å². The highest BCUT2D eigenvalue weighted by Gasteiger charge is 2.78. The van der Waals surface area contributed by atoms with Crippen molar-refractivity contribution >= 4 is 18.9 Å². The molecule has 0 radical (unpaired) electrons. The topological polar surface area (TPSA) is 104 Å². The summed E-state index contributed by atoms with van der Waals surface area (Å²) in [5.41, 5.74) is -2.41. The summed E-state index contributed by atoms with van der Waals surface area (Å²) in [4.78, 5) is 24.5. The molecule has 5 atom stereocenters. The number of carbonyl (C=O) groups is 2. The van der Waals surface area contributed by atoms with Crippen LogP contribution >= 0.6 is 0 Å². The molecule has 0 aromatic heterocycles. The third-order valence-corrected chi connectivity index (χ3v) is 5.71. The van der Waals surface area contributed by atoms with Crippen LogP contribution in [0.1, 0.15) is 32.6 Å². The number of Topliss-reactive ketones (excluding diaryl/α,β-unsaturated/α-hetero) is 1. The van der Waals surface area contributed by atoms with Crippen molar-refractivity contribution in [1.82, 2.24) is 0 Å². The normalized spacial score (nSPS) is 41.6. The highest BCUT2D eigenvalue weighted by atomic mass is 16.6. The number of esters is 1. The number of aliphatic hydroxyl groups is 1. The second-order valence-electron chi connectivity index (χ2n) is 6.85. The number of hydrogen-bond acceptors (Lipinski definition) is 6. The summed E-state index contributed by atoms with van der Waals surface area (Å²) in [5, 5.41) is 29.2. The van der Waals surface area contributed by atoms with Crippen molar-refractivity contribution in [2.24, 2.45) is 17.3 Å². The first-order valence-electron chi connectivity index (χ1n) is 7.80. The second kappa shape index (κ2) is 5.18. The van der Waals surface area contributed by atoms with Crippen molar-refractivity contribution in [3.8, 4) is 0 Å². The number of hydrogen-bond donors (Lipinski definition) is 3. The molecular formula is C15H21BO6. The summed E-state index contributed by atoms with van der Waals surface area (Å²) < 4.78 is 5.28. The summed E-state index contributed by atoms with van der Waals surface area (Å²) in [7, 11) is -1.65. The van der Waals surface area contributed by atoms with Crippen LogP contribution < -0.4 is 0 Å². The quantitative estimate of drug-likeness (QED) is 0.386. The second-order valence-corrected chi connectivity index (χ2v) is 6.85. The number of allylic oxidation sites excluding steroid dienone is 1. The lowest BCUT2D eigenvalue weighted by molar-refractivity contribution is -0.261. The molecule has 0 bridgehead atoms. The Kier molecular flexibility index (Phi) is 3.70. The Balaban J connectivity index is 1.93. The number of fused-ring (bicyclic) bond motifs is 1. The minimum atomic E-state index is -1.65. The van der Waals surface area contributed by atoms with E-state index in [1.807, 2.05) is 12.2 Å². The van der Waals surface area contributed by atoms with E-state index in [4.69, 9.17) is 4.74 Å². The molecule has 2 aliphatic carbocycles. The van der Waals surface area contributed by atoms with Gasteiger partial charge in [0.05, 0.1) is 12.0 Å². The van der Waals surface area contributed by atoms with E-state index in [-0.39, 0.29) is 24.4 Å². The molecule has 3 aliphatic rings. The summed E-state index contributed by atoms with van der Waals surface area (Å²) in [6.07, 6.45) is 5.30. The SMILES string of the molecule is C[C@@]12OC(=O)[C@]1([C@@H](O)[C@@H]1C=CCCC1)CC(=O)[C@@H]2CB(O)O. The van der Waals surface area contributed by atoms with E-state index in [1.165, 1.54) is 0 Å². The van der Waals surface area contributed by atoms with Crippen LogP contribution in [0.2, 0.25) is 6.32 Å². The van der Waals surface area contributed by atoms with Crippen molar-refractivity contribution in [1.29, 1.82) is 0 Å². The monoisotopic (exact) mass is 308 g/mol. The highest BCUT2D eigenvalue weighted by molar-refractivity contribution is 6.41. The Morgan fingerprint density at radius 2 is 2.18 bits per heavy atom. The van der Waals surface area contributed by atoms with Crippen LogP contribution in [0.3, 0.4) is 0 Å². The maximum Gasteiger partial charge on any atom is 0.452 e. The molecule has 6 nitrogen and oxygen atoms in total. The van der Waals surface area contributed by atoms with E-state index in [1.54, 1.807) is 6.92 Å². The largest absolute Gasteiger partial charge is 0.457 e.